The lowest BCUT2D eigenvalue weighted by molar-refractivity contribution is 0.209. The van der Waals surface area contributed by atoms with Crippen LogP contribution in [0.5, 0.6) is 0 Å². The van der Waals surface area contributed by atoms with Gasteiger partial charge in [-0.05, 0) is 16.9 Å². The van der Waals surface area contributed by atoms with Crippen LogP contribution in [0.25, 0.3) is 0 Å². The van der Waals surface area contributed by atoms with Crippen molar-refractivity contribution in [1.82, 2.24) is 4.90 Å². The molecule has 1 aliphatic heterocycles. The number of hydrogen-bond acceptors (Lipinski definition) is 1. The quantitative estimate of drug-likeness (QED) is 0.827. The monoisotopic (exact) mass is 230 g/mol. The number of hydrogen-bond donors (Lipinski definition) is 1. The van der Waals surface area contributed by atoms with Crippen LogP contribution < -0.4 is 0 Å². The maximum atomic E-state index is 8.21. The zero-order chi connectivity index (χ0) is 12.6. The molecule has 1 atom stereocenters. The molecule has 0 saturated heterocycles. The number of benzene rings is 1. The smallest absolute Gasteiger partial charge is 0.128 e. The molecule has 0 bridgehead atoms. The molecule has 0 spiro atoms. The first-order valence-corrected chi connectivity index (χ1v) is 6.31. The van der Waals surface area contributed by atoms with Crippen LogP contribution in [0, 0.1) is 16.7 Å². The average molecular weight is 230 g/mol. The zero-order valence-corrected chi connectivity index (χ0v) is 11.2. The molecule has 1 N–H and O–H groups in total. The highest BCUT2D eigenvalue weighted by atomic mass is 15.2. The lowest BCUT2D eigenvalue weighted by Gasteiger charge is -2.31. The Labute approximate surface area is 104 Å². The summed E-state index contributed by atoms with van der Waals surface area (Å²) >= 11 is 0. The summed E-state index contributed by atoms with van der Waals surface area (Å²) in [6.45, 7) is 10.9. The molecule has 2 heteroatoms. The molecule has 0 radical (unpaired) electrons. The van der Waals surface area contributed by atoms with Crippen molar-refractivity contribution in [3.05, 3.63) is 35.4 Å². The summed E-state index contributed by atoms with van der Waals surface area (Å²) in [4.78, 5) is 2.20. The van der Waals surface area contributed by atoms with Crippen LogP contribution >= 0.6 is 0 Å². The molecule has 17 heavy (non-hydrogen) atoms. The zero-order valence-electron chi connectivity index (χ0n) is 11.2. The molecule has 1 unspecified atom stereocenters. The van der Waals surface area contributed by atoms with Crippen molar-refractivity contribution in [3.63, 3.8) is 0 Å². The van der Waals surface area contributed by atoms with Crippen molar-refractivity contribution in [3.8, 4) is 0 Å². The minimum absolute atomic E-state index is 0.301. The number of nitrogens with zero attached hydrogens (tertiary/aromatic N) is 1. The van der Waals surface area contributed by atoms with Gasteiger partial charge in [0.05, 0.1) is 0 Å². The molecule has 1 aliphatic rings. The number of rotatable bonds is 2. The number of nitrogens with one attached hydrogen (secondary N) is 1. The molecule has 0 amide bonds. The van der Waals surface area contributed by atoms with Gasteiger partial charge >= 0.3 is 0 Å². The molecule has 1 aromatic rings. The standard InChI is InChI=1S/C15H22N2/c1-11(15(2,3)4)9-17-10-12-7-5-6-8-13(12)14(17)16/h5-8,11,16H,9-10H2,1-4H3. The van der Waals surface area contributed by atoms with Gasteiger partial charge in [0.2, 0.25) is 0 Å². The van der Waals surface area contributed by atoms with E-state index < -0.39 is 0 Å². The third-order valence-electron chi connectivity index (χ3n) is 3.92. The minimum atomic E-state index is 0.301. The van der Waals surface area contributed by atoms with E-state index in [2.05, 4.69) is 50.8 Å². The Morgan fingerprint density at radius 1 is 1.29 bits per heavy atom. The predicted molar refractivity (Wildman–Crippen MR) is 72.3 cm³/mol. The van der Waals surface area contributed by atoms with Crippen molar-refractivity contribution in [2.75, 3.05) is 6.54 Å². The second-order valence-corrected chi connectivity index (χ2v) is 6.15. The average Bonchev–Trinajstić information content (AvgIpc) is 2.55. The molecule has 0 aliphatic carbocycles. The minimum Gasteiger partial charge on any atom is -0.352 e. The van der Waals surface area contributed by atoms with Gasteiger partial charge in [0.25, 0.3) is 0 Å². The van der Waals surface area contributed by atoms with Crippen LogP contribution in [0.4, 0.5) is 0 Å². The van der Waals surface area contributed by atoms with Crippen molar-refractivity contribution < 1.29 is 0 Å². The van der Waals surface area contributed by atoms with E-state index in [1.165, 1.54) is 5.56 Å². The van der Waals surface area contributed by atoms with Gasteiger partial charge in [-0.1, -0.05) is 52.0 Å². The lowest BCUT2D eigenvalue weighted by Crippen LogP contribution is -2.34. The highest BCUT2D eigenvalue weighted by Crippen LogP contribution is 2.29. The molecular formula is C15H22N2. The molecule has 0 saturated carbocycles. The van der Waals surface area contributed by atoms with Crippen molar-refractivity contribution in [2.45, 2.75) is 34.2 Å². The topological polar surface area (TPSA) is 27.1 Å². The summed E-state index contributed by atoms with van der Waals surface area (Å²) in [5, 5.41) is 8.21. The van der Waals surface area contributed by atoms with Gasteiger partial charge in [-0.3, -0.25) is 5.41 Å². The van der Waals surface area contributed by atoms with E-state index in [9.17, 15) is 0 Å². The fourth-order valence-electron chi connectivity index (χ4n) is 2.10. The number of amidine groups is 1. The maximum absolute atomic E-state index is 8.21. The van der Waals surface area contributed by atoms with E-state index in [0.29, 0.717) is 17.2 Å². The molecule has 2 nitrogen and oxygen atoms in total. The van der Waals surface area contributed by atoms with Crippen LogP contribution in [0.15, 0.2) is 24.3 Å². The van der Waals surface area contributed by atoms with Crippen molar-refractivity contribution in [2.24, 2.45) is 11.3 Å². The predicted octanol–water partition coefficient (Wildman–Crippen LogP) is 3.51. The maximum Gasteiger partial charge on any atom is 0.128 e. The second-order valence-electron chi connectivity index (χ2n) is 6.15. The Morgan fingerprint density at radius 3 is 2.53 bits per heavy atom. The summed E-state index contributed by atoms with van der Waals surface area (Å²) in [6.07, 6.45) is 0. The highest BCUT2D eigenvalue weighted by molar-refractivity contribution is 6.00. The fourth-order valence-corrected chi connectivity index (χ4v) is 2.10. The normalized spacial score (nSPS) is 17.2. The van der Waals surface area contributed by atoms with E-state index in [1.54, 1.807) is 0 Å². The molecule has 92 valence electrons. The van der Waals surface area contributed by atoms with Crippen LogP contribution in [-0.2, 0) is 6.54 Å². The SMILES string of the molecule is CC(CN1Cc2ccccc2C1=N)C(C)(C)C. The van der Waals surface area contributed by atoms with E-state index in [1.807, 2.05) is 6.07 Å². The van der Waals surface area contributed by atoms with Gasteiger partial charge in [0.15, 0.2) is 0 Å². The van der Waals surface area contributed by atoms with E-state index in [4.69, 9.17) is 5.41 Å². The molecule has 0 aromatic heterocycles. The first-order valence-electron chi connectivity index (χ1n) is 6.31. The van der Waals surface area contributed by atoms with E-state index in [-0.39, 0.29) is 0 Å². The van der Waals surface area contributed by atoms with Crippen LogP contribution in [0.3, 0.4) is 0 Å². The molecule has 1 heterocycles. The van der Waals surface area contributed by atoms with Gasteiger partial charge in [0, 0.05) is 18.7 Å². The Kier molecular flexibility index (Phi) is 2.98. The van der Waals surface area contributed by atoms with E-state index in [0.717, 1.165) is 18.7 Å². The Bertz CT molecular complexity index is 429. The largest absolute Gasteiger partial charge is 0.352 e. The van der Waals surface area contributed by atoms with Crippen LogP contribution in [0.2, 0.25) is 0 Å². The van der Waals surface area contributed by atoms with Crippen molar-refractivity contribution >= 4 is 5.84 Å². The summed E-state index contributed by atoms with van der Waals surface area (Å²) in [5.41, 5.74) is 2.70. The number of fused-ring (bicyclic) bond motifs is 1. The highest BCUT2D eigenvalue weighted by Gasteiger charge is 2.28. The van der Waals surface area contributed by atoms with Gasteiger partial charge in [-0.25, -0.2) is 0 Å². The van der Waals surface area contributed by atoms with Gasteiger partial charge in [-0.15, -0.1) is 0 Å². The van der Waals surface area contributed by atoms with Crippen LogP contribution in [-0.4, -0.2) is 17.3 Å². The first-order chi connectivity index (χ1) is 7.89. The molecule has 1 aromatic carbocycles. The van der Waals surface area contributed by atoms with Crippen molar-refractivity contribution in [1.29, 1.82) is 5.41 Å². The molecule has 2 rings (SSSR count). The van der Waals surface area contributed by atoms with Gasteiger partial charge in [-0.2, -0.15) is 0 Å². The Balaban J connectivity index is 2.11. The fraction of sp³-hybridized carbons (Fsp3) is 0.533. The third kappa shape index (κ3) is 2.36. The van der Waals surface area contributed by atoms with Gasteiger partial charge in [0.1, 0.15) is 5.84 Å². The lowest BCUT2D eigenvalue weighted by atomic mass is 9.82. The first kappa shape index (κ1) is 12.2. The third-order valence-corrected chi connectivity index (χ3v) is 3.92. The Morgan fingerprint density at radius 2 is 1.94 bits per heavy atom. The Hall–Kier alpha value is -1.31. The van der Waals surface area contributed by atoms with Gasteiger partial charge < -0.3 is 4.90 Å². The summed E-state index contributed by atoms with van der Waals surface area (Å²) in [5.74, 6) is 1.27. The summed E-state index contributed by atoms with van der Waals surface area (Å²) in [7, 11) is 0. The summed E-state index contributed by atoms with van der Waals surface area (Å²) < 4.78 is 0. The van der Waals surface area contributed by atoms with Crippen LogP contribution in [0.1, 0.15) is 38.8 Å². The summed E-state index contributed by atoms with van der Waals surface area (Å²) in [6, 6.07) is 8.26. The second kappa shape index (κ2) is 4.17. The molecular weight excluding hydrogens is 208 g/mol. The van der Waals surface area contributed by atoms with E-state index >= 15 is 0 Å². The molecule has 0 fully saturated rings.